The molecule has 4 atom stereocenters. The number of hydrogen-bond acceptors (Lipinski definition) is 5. The highest BCUT2D eigenvalue weighted by molar-refractivity contribution is 5.99. The molecule has 2 aliphatic heterocycles. The van der Waals surface area contributed by atoms with Crippen molar-refractivity contribution in [2.75, 3.05) is 46.8 Å². The van der Waals surface area contributed by atoms with Gasteiger partial charge in [0.15, 0.2) is 5.78 Å². The number of carbonyl (C=O) groups is 2. The number of hydrogen-bond donors (Lipinski definition) is 1. The van der Waals surface area contributed by atoms with Crippen LogP contribution in [0.3, 0.4) is 0 Å². The summed E-state index contributed by atoms with van der Waals surface area (Å²) in [5.74, 6) is -4.29. The average molecular weight is 550 g/mol. The predicted molar refractivity (Wildman–Crippen MR) is 139 cm³/mol. The van der Waals surface area contributed by atoms with Crippen LogP contribution >= 0.6 is 0 Å². The first kappa shape index (κ1) is 29.0. The van der Waals surface area contributed by atoms with E-state index < -0.39 is 41.7 Å². The Morgan fingerprint density at radius 2 is 1.77 bits per heavy atom. The SMILES string of the molecule is Cc1c(F)cccc1[C@H]1[C@@H](C(=O)c2cccc(O)c2)CN(CCN(C)C)C[C@@H]1C(=O)N1CCC[C@@H]1C(F)(F)F. The first-order valence-corrected chi connectivity index (χ1v) is 13.2. The summed E-state index contributed by atoms with van der Waals surface area (Å²) >= 11 is 0. The molecule has 2 aromatic rings. The zero-order valence-electron chi connectivity index (χ0n) is 22.4. The van der Waals surface area contributed by atoms with Gasteiger partial charge in [0, 0.05) is 50.1 Å². The molecule has 4 rings (SSSR count). The highest BCUT2D eigenvalue weighted by Gasteiger charge is 2.52. The minimum atomic E-state index is -4.56. The second-order valence-electron chi connectivity index (χ2n) is 10.9. The molecule has 0 saturated carbocycles. The van der Waals surface area contributed by atoms with Crippen LogP contribution in [0.1, 0.15) is 40.2 Å². The lowest BCUT2D eigenvalue weighted by Gasteiger charge is -2.45. The van der Waals surface area contributed by atoms with E-state index in [9.17, 15) is 32.3 Å². The number of benzene rings is 2. The molecule has 212 valence electrons. The Hall–Kier alpha value is -2.98. The third-order valence-electron chi connectivity index (χ3n) is 8.01. The van der Waals surface area contributed by atoms with Gasteiger partial charge in [0.25, 0.3) is 0 Å². The van der Waals surface area contributed by atoms with Crippen LogP contribution in [0.2, 0.25) is 0 Å². The predicted octanol–water partition coefficient (Wildman–Crippen LogP) is 4.47. The minimum Gasteiger partial charge on any atom is -0.508 e. The second-order valence-corrected chi connectivity index (χ2v) is 10.9. The molecule has 6 nitrogen and oxygen atoms in total. The summed E-state index contributed by atoms with van der Waals surface area (Å²) in [6.07, 6.45) is -4.49. The van der Waals surface area contributed by atoms with Crippen LogP contribution in [0.5, 0.6) is 5.75 Å². The van der Waals surface area contributed by atoms with Crippen molar-refractivity contribution in [3.63, 3.8) is 0 Å². The van der Waals surface area contributed by atoms with E-state index in [4.69, 9.17) is 0 Å². The Kier molecular flexibility index (Phi) is 8.66. The van der Waals surface area contributed by atoms with Gasteiger partial charge in [-0.2, -0.15) is 13.2 Å². The number of phenols is 1. The molecule has 1 amide bonds. The zero-order valence-corrected chi connectivity index (χ0v) is 22.4. The zero-order chi connectivity index (χ0) is 28.5. The first-order valence-electron chi connectivity index (χ1n) is 13.2. The van der Waals surface area contributed by atoms with Crippen LogP contribution in [-0.2, 0) is 4.79 Å². The van der Waals surface area contributed by atoms with Crippen molar-refractivity contribution in [3.8, 4) is 5.75 Å². The number of ketones is 1. The fourth-order valence-electron chi connectivity index (χ4n) is 6.02. The van der Waals surface area contributed by atoms with Gasteiger partial charge in [-0.25, -0.2) is 4.39 Å². The van der Waals surface area contributed by atoms with Crippen molar-refractivity contribution in [1.29, 1.82) is 0 Å². The molecular formula is C29H35F4N3O3. The van der Waals surface area contributed by atoms with Gasteiger partial charge in [-0.3, -0.25) is 9.59 Å². The summed E-state index contributed by atoms with van der Waals surface area (Å²) in [5.41, 5.74) is 0.945. The fraction of sp³-hybridized carbons (Fsp3) is 0.517. The molecule has 0 bridgehead atoms. The normalized spacial score (nSPS) is 24.4. The number of amides is 1. The van der Waals surface area contributed by atoms with E-state index in [1.54, 1.807) is 25.1 Å². The maximum atomic E-state index is 14.8. The molecule has 10 heteroatoms. The van der Waals surface area contributed by atoms with Gasteiger partial charge in [-0.1, -0.05) is 24.3 Å². The quantitative estimate of drug-likeness (QED) is 0.408. The van der Waals surface area contributed by atoms with E-state index >= 15 is 0 Å². The molecule has 0 unspecified atom stereocenters. The number of Topliss-reactive ketones (excluding diaryl/α,β-unsaturated/α-hetero) is 1. The largest absolute Gasteiger partial charge is 0.508 e. The molecule has 1 N–H and O–H groups in total. The molecule has 2 fully saturated rings. The number of halogens is 4. The molecule has 2 heterocycles. The van der Waals surface area contributed by atoms with Gasteiger partial charge >= 0.3 is 6.18 Å². The number of carbonyl (C=O) groups excluding carboxylic acids is 2. The topological polar surface area (TPSA) is 64.1 Å². The van der Waals surface area contributed by atoms with Crippen LogP contribution in [-0.4, -0.2) is 90.5 Å². The van der Waals surface area contributed by atoms with Gasteiger partial charge < -0.3 is 19.8 Å². The van der Waals surface area contributed by atoms with E-state index in [2.05, 4.69) is 0 Å². The Morgan fingerprint density at radius 3 is 2.44 bits per heavy atom. The summed E-state index contributed by atoms with van der Waals surface area (Å²) < 4.78 is 56.5. The molecular weight excluding hydrogens is 514 g/mol. The lowest BCUT2D eigenvalue weighted by atomic mass is 9.69. The summed E-state index contributed by atoms with van der Waals surface area (Å²) in [6.45, 7) is 3.06. The molecule has 0 aliphatic carbocycles. The second kappa shape index (κ2) is 11.6. The first-order chi connectivity index (χ1) is 18.4. The van der Waals surface area contributed by atoms with Crippen LogP contribution in [0.15, 0.2) is 42.5 Å². The lowest BCUT2D eigenvalue weighted by molar-refractivity contribution is -0.185. The number of piperidine rings is 1. The average Bonchev–Trinajstić information content (AvgIpc) is 3.39. The molecule has 0 spiro atoms. The monoisotopic (exact) mass is 549 g/mol. The highest BCUT2D eigenvalue weighted by atomic mass is 19.4. The van der Waals surface area contributed by atoms with Crippen molar-refractivity contribution < 1.29 is 32.3 Å². The summed E-state index contributed by atoms with van der Waals surface area (Å²) in [7, 11) is 3.78. The molecule has 0 aromatic heterocycles. The number of nitrogens with zero attached hydrogens (tertiary/aromatic N) is 3. The molecule has 2 saturated heterocycles. The van der Waals surface area contributed by atoms with E-state index in [0.29, 0.717) is 18.7 Å². The maximum absolute atomic E-state index is 14.8. The van der Waals surface area contributed by atoms with Gasteiger partial charge in [0.1, 0.15) is 17.6 Å². The standard InChI is InChI=1S/C29H35F4N3O3/c1-18-21(9-5-10-24(18)30)26-22(27(38)19-7-4-8-20(37)15-19)16-35(14-13-34(2)3)17-23(26)28(39)36-12-6-11-25(36)29(31,32)33/h4-5,7-10,15,22-23,25-26,37H,6,11-14,16-17H2,1-3H3/t22-,23-,25+,26-/m0/s1. The van der Waals surface area contributed by atoms with Crippen molar-refractivity contribution in [2.45, 2.75) is 37.9 Å². The van der Waals surface area contributed by atoms with Crippen LogP contribution in [0.4, 0.5) is 17.6 Å². The summed E-state index contributed by atoms with van der Waals surface area (Å²) in [4.78, 5) is 32.8. The molecule has 0 radical (unpaired) electrons. The number of alkyl halides is 3. The Labute approximate surface area is 226 Å². The summed E-state index contributed by atoms with van der Waals surface area (Å²) in [5, 5.41) is 10.0. The number of rotatable bonds is 7. The summed E-state index contributed by atoms with van der Waals surface area (Å²) in [6, 6.07) is 8.45. The van der Waals surface area contributed by atoms with Crippen LogP contribution in [0.25, 0.3) is 0 Å². The van der Waals surface area contributed by atoms with E-state index in [1.165, 1.54) is 24.3 Å². The van der Waals surface area contributed by atoms with Crippen molar-refractivity contribution in [1.82, 2.24) is 14.7 Å². The van der Waals surface area contributed by atoms with Crippen molar-refractivity contribution in [2.24, 2.45) is 11.8 Å². The van der Waals surface area contributed by atoms with E-state index in [-0.39, 0.29) is 55.1 Å². The van der Waals surface area contributed by atoms with Gasteiger partial charge in [-0.05, 0) is 63.2 Å². The number of aromatic hydroxyl groups is 1. The van der Waals surface area contributed by atoms with Gasteiger partial charge in [0.05, 0.1) is 5.92 Å². The molecule has 39 heavy (non-hydrogen) atoms. The smallest absolute Gasteiger partial charge is 0.408 e. The molecule has 2 aliphatic rings. The maximum Gasteiger partial charge on any atom is 0.408 e. The Bertz CT molecular complexity index is 1200. The van der Waals surface area contributed by atoms with Crippen LogP contribution < -0.4 is 0 Å². The minimum absolute atomic E-state index is 0.0166. The third-order valence-corrected chi connectivity index (χ3v) is 8.01. The third kappa shape index (κ3) is 6.27. The molecule has 2 aromatic carbocycles. The fourth-order valence-corrected chi connectivity index (χ4v) is 6.02. The van der Waals surface area contributed by atoms with E-state index in [1.807, 2.05) is 23.9 Å². The number of likely N-dealkylation sites (N-methyl/N-ethyl adjacent to an activating group) is 1. The van der Waals surface area contributed by atoms with Crippen molar-refractivity contribution in [3.05, 3.63) is 65.0 Å². The lowest BCUT2D eigenvalue weighted by Crippen LogP contribution is -2.56. The highest BCUT2D eigenvalue weighted by Crippen LogP contribution is 2.43. The van der Waals surface area contributed by atoms with Crippen LogP contribution in [0, 0.1) is 24.6 Å². The number of phenolic OH excluding ortho intramolecular Hbond substituents is 1. The Balaban J connectivity index is 1.82. The Morgan fingerprint density at radius 1 is 1.08 bits per heavy atom. The van der Waals surface area contributed by atoms with Gasteiger partial charge in [0.2, 0.25) is 5.91 Å². The van der Waals surface area contributed by atoms with Gasteiger partial charge in [-0.15, -0.1) is 0 Å². The number of likely N-dealkylation sites (tertiary alicyclic amines) is 2. The van der Waals surface area contributed by atoms with E-state index in [0.717, 1.165) is 4.90 Å². The van der Waals surface area contributed by atoms with Crippen molar-refractivity contribution >= 4 is 11.7 Å².